The molecule has 1 N–H and O–H groups in total. The van der Waals surface area contributed by atoms with Crippen molar-refractivity contribution in [2.75, 3.05) is 5.32 Å². The Bertz CT molecular complexity index is 1140. The first-order valence-electron chi connectivity index (χ1n) is 9.30. The maximum absolute atomic E-state index is 13.0. The van der Waals surface area contributed by atoms with E-state index in [4.69, 9.17) is 11.6 Å². The number of pyridine rings is 1. The summed E-state index contributed by atoms with van der Waals surface area (Å²) in [5.74, 6) is 3.88. The molecule has 2 aromatic heterocycles. The van der Waals surface area contributed by atoms with Crippen molar-refractivity contribution in [3.63, 3.8) is 0 Å². The minimum Gasteiger partial charge on any atom is -0.319 e. The summed E-state index contributed by atoms with van der Waals surface area (Å²) in [6, 6.07) is 11.6. The van der Waals surface area contributed by atoms with Crippen LogP contribution in [0.5, 0.6) is 0 Å². The van der Waals surface area contributed by atoms with E-state index in [1.165, 1.54) is 10.8 Å². The van der Waals surface area contributed by atoms with Gasteiger partial charge in [-0.25, -0.2) is 9.97 Å². The van der Waals surface area contributed by atoms with Gasteiger partial charge in [-0.3, -0.25) is 4.79 Å². The largest absolute Gasteiger partial charge is 0.319 e. The van der Waals surface area contributed by atoms with E-state index in [0.717, 1.165) is 16.7 Å². The molecule has 0 aliphatic rings. The molecule has 148 valence electrons. The van der Waals surface area contributed by atoms with Crippen LogP contribution in [0, 0.1) is 18.4 Å². The standard InChI is InChI=1S/C22H23ClN4OSi/c1-16-10-12-24-20(18(16)11-13-29(2,3)4)26-21-22(28)27(15-19(23)25-21)14-17-8-6-5-7-9-17/h5-10,12,15H,14H2,1-4H3,(H,24,25,26). The van der Waals surface area contributed by atoms with Crippen LogP contribution in [0.15, 0.2) is 53.6 Å². The number of nitrogens with zero attached hydrogens (tertiary/aromatic N) is 3. The Morgan fingerprint density at radius 1 is 1.14 bits per heavy atom. The van der Waals surface area contributed by atoms with Crippen LogP contribution in [0.2, 0.25) is 24.8 Å². The second kappa shape index (κ2) is 8.64. The molecule has 0 spiro atoms. The summed E-state index contributed by atoms with van der Waals surface area (Å²) < 4.78 is 1.54. The molecule has 0 saturated heterocycles. The first-order valence-corrected chi connectivity index (χ1v) is 13.2. The van der Waals surface area contributed by atoms with E-state index in [9.17, 15) is 4.79 Å². The Morgan fingerprint density at radius 3 is 2.55 bits per heavy atom. The number of aromatic nitrogens is 3. The van der Waals surface area contributed by atoms with Crippen molar-refractivity contribution < 1.29 is 0 Å². The molecule has 0 saturated carbocycles. The molecule has 3 aromatic rings. The van der Waals surface area contributed by atoms with Crippen molar-refractivity contribution in [3.8, 4) is 11.5 Å². The van der Waals surface area contributed by atoms with Crippen LogP contribution in [0.4, 0.5) is 11.6 Å². The van der Waals surface area contributed by atoms with Gasteiger partial charge in [0.2, 0.25) is 0 Å². The molecule has 0 unspecified atom stereocenters. The fraction of sp³-hybridized carbons (Fsp3) is 0.227. The Kier molecular flexibility index (Phi) is 6.21. The molecule has 0 bridgehead atoms. The number of aryl methyl sites for hydroxylation is 1. The van der Waals surface area contributed by atoms with E-state index < -0.39 is 8.07 Å². The van der Waals surface area contributed by atoms with Crippen LogP contribution >= 0.6 is 11.6 Å². The summed E-state index contributed by atoms with van der Waals surface area (Å²) in [6.07, 6.45) is 3.22. The summed E-state index contributed by atoms with van der Waals surface area (Å²) in [6.45, 7) is 8.92. The molecule has 0 aliphatic carbocycles. The molecule has 0 fully saturated rings. The van der Waals surface area contributed by atoms with Crippen molar-refractivity contribution >= 4 is 31.3 Å². The van der Waals surface area contributed by atoms with Gasteiger partial charge in [-0.1, -0.05) is 67.5 Å². The summed E-state index contributed by atoms with van der Waals surface area (Å²) >= 11 is 6.19. The van der Waals surface area contributed by atoms with Crippen LogP contribution in [-0.2, 0) is 6.54 Å². The van der Waals surface area contributed by atoms with Crippen molar-refractivity contribution in [1.29, 1.82) is 0 Å². The van der Waals surface area contributed by atoms with E-state index in [-0.39, 0.29) is 16.5 Å². The van der Waals surface area contributed by atoms with Gasteiger partial charge in [0.1, 0.15) is 19.0 Å². The number of rotatable bonds is 4. The zero-order valence-electron chi connectivity index (χ0n) is 17.0. The first-order chi connectivity index (χ1) is 13.7. The number of halogens is 1. The number of hydrogen-bond donors (Lipinski definition) is 1. The lowest BCUT2D eigenvalue weighted by Crippen LogP contribution is -2.24. The molecule has 0 amide bonds. The molecule has 29 heavy (non-hydrogen) atoms. The van der Waals surface area contributed by atoms with E-state index in [1.807, 2.05) is 43.3 Å². The minimum absolute atomic E-state index is 0.127. The third-order valence-electron chi connectivity index (χ3n) is 4.10. The lowest BCUT2D eigenvalue weighted by Gasteiger charge is -2.12. The van der Waals surface area contributed by atoms with E-state index in [1.54, 1.807) is 6.20 Å². The maximum Gasteiger partial charge on any atom is 0.294 e. The van der Waals surface area contributed by atoms with Crippen LogP contribution in [0.25, 0.3) is 0 Å². The van der Waals surface area contributed by atoms with Crippen molar-refractivity contribution in [2.45, 2.75) is 33.1 Å². The number of hydrogen-bond acceptors (Lipinski definition) is 4. The lowest BCUT2D eigenvalue weighted by atomic mass is 10.1. The normalized spacial score (nSPS) is 10.9. The second-order valence-corrected chi connectivity index (χ2v) is 12.9. The molecular formula is C22H23ClN4OSi. The third-order valence-corrected chi connectivity index (χ3v) is 5.16. The van der Waals surface area contributed by atoms with Crippen LogP contribution in [-0.4, -0.2) is 22.6 Å². The van der Waals surface area contributed by atoms with E-state index >= 15 is 0 Å². The smallest absolute Gasteiger partial charge is 0.294 e. The number of benzene rings is 1. The zero-order chi connectivity index (χ0) is 21.0. The fourth-order valence-corrected chi connectivity index (χ4v) is 3.36. The van der Waals surface area contributed by atoms with Gasteiger partial charge in [-0.15, -0.1) is 5.54 Å². The minimum atomic E-state index is -1.57. The topological polar surface area (TPSA) is 59.8 Å². The Labute approximate surface area is 176 Å². The van der Waals surface area contributed by atoms with Gasteiger partial charge in [-0.05, 0) is 24.1 Å². The zero-order valence-corrected chi connectivity index (χ0v) is 18.7. The van der Waals surface area contributed by atoms with Gasteiger partial charge in [0.05, 0.1) is 12.1 Å². The summed E-state index contributed by atoms with van der Waals surface area (Å²) in [5.41, 5.74) is 5.84. The van der Waals surface area contributed by atoms with Gasteiger partial charge in [-0.2, -0.15) is 0 Å². The summed E-state index contributed by atoms with van der Waals surface area (Å²) in [5, 5.41) is 3.29. The summed E-state index contributed by atoms with van der Waals surface area (Å²) in [7, 11) is -1.57. The van der Waals surface area contributed by atoms with Crippen LogP contribution in [0.3, 0.4) is 0 Å². The van der Waals surface area contributed by atoms with Gasteiger partial charge >= 0.3 is 0 Å². The molecular weight excluding hydrogens is 400 g/mol. The molecule has 5 nitrogen and oxygen atoms in total. The Hall–Kier alpha value is -2.88. The Balaban J connectivity index is 2.00. The van der Waals surface area contributed by atoms with Gasteiger partial charge < -0.3 is 9.88 Å². The number of anilines is 2. The second-order valence-electron chi connectivity index (χ2n) is 7.81. The van der Waals surface area contributed by atoms with E-state index in [2.05, 4.69) is 46.4 Å². The van der Waals surface area contributed by atoms with Crippen LogP contribution in [0.1, 0.15) is 16.7 Å². The molecule has 0 atom stereocenters. The molecule has 0 aliphatic heterocycles. The highest BCUT2D eigenvalue weighted by Gasteiger charge is 2.13. The maximum atomic E-state index is 13.0. The lowest BCUT2D eigenvalue weighted by molar-refractivity contribution is 0.751. The third kappa shape index (κ3) is 5.56. The van der Waals surface area contributed by atoms with E-state index in [0.29, 0.717) is 12.4 Å². The molecule has 1 aromatic carbocycles. The highest BCUT2D eigenvalue weighted by molar-refractivity contribution is 6.83. The average molecular weight is 423 g/mol. The predicted molar refractivity (Wildman–Crippen MR) is 122 cm³/mol. The molecule has 3 rings (SSSR count). The van der Waals surface area contributed by atoms with Crippen molar-refractivity contribution in [3.05, 3.63) is 81.0 Å². The quantitative estimate of drug-likeness (QED) is 0.492. The van der Waals surface area contributed by atoms with Gasteiger partial charge in [0, 0.05) is 12.4 Å². The Morgan fingerprint density at radius 2 is 1.86 bits per heavy atom. The molecule has 0 radical (unpaired) electrons. The van der Waals surface area contributed by atoms with Crippen LogP contribution < -0.4 is 10.9 Å². The van der Waals surface area contributed by atoms with Crippen molar-refractivity contribution in [1.82, 2.24) is 14.5 Å². The van der Waals surface area contributed by atoms with Crippen molar-refractivity contribution in [2.24, 2.45) is 0 Å². The van der Waals surface area contributed by atoms with Gasteiger partial charge in [0.25, 0.3) is 5.56 Å². The van der Waals surface area contributed by atoms with Gasteiger partial charge in [0.15, 0.2) is 5.82 Å². The monoisotopic (exact) mass is 422 g/mol. The fourth-order valence-electron chi connectivity index (χ4n) is 2.66. The predicted octanol–water partition coefficient (Wildman–Crippen LogP) is 4.62. The average Bonchev–Trinajstić information content (AvgIpc) is 2.65. The molecule has 7 heteroatoms. The first kappa shape index (κ1) is 20.8. The number of nitrogens with one attached hydrogen (secondary N) is 1. The summed E-state index contributed by atoms with van der Waals surface area (Å²) in [4.78, 5) is 21.5. The highest BCUT2D eigenvalue weighted by atomic mass is 35.5. The highest BCUT2D eigenvalue weighted by Crippen LogP contribution is 2.19. The molecule has 2 heterocycles. The SMILES string of the molecule is Cc1ccnc(Nc2nc(Cl)cn(Cc3ccccc3)c2=O)c1C#C[Si](C)(C)C.